The van der Waals surface area contributed by atoms with E-state index in [1.807, 2.05) is 6.92 Å². The number of nitrogens with one attached hydrogen (secondary N) is 1. The van der Waals surface area contributed by atoms with Crippen molar-refractivity contribution >= 4 is 0 Å². The van der Waals surface area contributed by atoms with Crippen LogP contribution in [-0.4, -0.2) is 0 Å². The highest BCUT2D eigenvalue weighted by molar-refractivity contribution is 5.15. The Bertz CT molecular complexity index is 104. The van der Waals surface area contributed by atoms with E-state index in [9.17, 15) is 0 Å². The minimum Gasteiger partial charge on any atom is -0.329 e. The number of hydrogen-bond acceptors (Lipinski definition) is 2. The van der Waals surface area contributed by atoms with Crippen LogP contribution >= 0.6 is 0 Å². The van der Waals surface area contributed by atoms with E-state index in [0.29, 0.717) is 0 Å². The summed E-state index contributed by atoms with van der Waals surface area (Å²) in [5.74, 6) is 5.17. The van der Waals surface area contributed by atoms with Gasteiger partial charge in [-0.05, 0) is 26.2 Å². The van der Waals surface area contributed by atoms with Gasteiger partial charge in [-0.2, -0.15) is 0 Å². The van der Waals surface area contributed by atoms with E-state index >= 15 is 0 Å². The number of allylic oxidation sites excluding steroid dienone is 2. The summed E-state index contributed by atoms with van der Waals surface area (Å²) in [7, 11) is 0. The third-order valence-electron chi connectivity index (χ3n) is 1.70. The summed E-state index contributed by atoms with van der Waals surface area (Å²) in [6.07, 6.45) is 3.83. The third kappa shape index (κ3) is 0.842. The predicted molar refractivity (Wildman–Crippen MR) is 33.9 cm³/mol. The lowest BCUT2D eigenvalue weighted by Crippen LogP contribution is -2.22. The summed E-state index contributed by atoms with van der Waals surface area (Å²) in [5.41, 5.74) is 5.30. The molecule has 8 heavy (non-hydrogen) atoms. The molecular weight excluding hydrogens is 100 g/mol. The van der Waals surface area contributed by atoms with Gasteiger partial charge < -0.3 is 5.43 Å². The minimum absolute atomic E-state index is 1.16. The van der Waals surface area contributed by atoms with Crippen molar-refractivity contribution in [2.45, 2.75) is 26.2 Å². The van der Waals surface area contributed by atoms with Gasteiger partial charge in [0.25, 0.3) is 0 Å². The molecule has 0 aliphatic heterocycles. The predicted octanol–water partition coefficient (Wildman–Crippen LogP) is 0.908. The Morgan fingerprint density at radius 3 is 2.38 bits per heavy atom. The smallest absolute Gasteiger partial charge is 0.0220 e. The first-order valence-electron chi connectivity index (χ1n) is 3.00. The first-order valence-corrected chi connectivity index (χ1v) is 3.00. The van der Waals surface area contributed by atoms with E-state index in [2.05, 4.69) is 5.43 Å². The molecule has 2 heteroatoms. The van der Waals surface area contributed by atoms with Crippen molar-refractivity contribution in [2.24, 2.45) is 5.84 Å². The molecule has 3 N–H and O–H groups in total. The van der Waals surface area contributed by atoms with Crippen molar-refractivity contribution < 1.29 is 0 Å². The summed E-state index contributed by atoms with van der Waals surface area (Å²) in [6, 6.07) is 0. The Morgan fingerprint density at radius 1 is 1.62 bits per heavy atom. The van der Waals surface area contributed by atoms with Crippen LogP contribution in [0.2, 0.25) is 0 Å². The van der Waals surface area contributed by atoms with E-state index < -0.39 is 0 Å². The topological polar surface area (TPSA) is 38.0 Å². The molecule has 0 radical (unpaired) electrons. The molecular formula is C6H12N2. The van der Waals surface area contributed by atoms with Crippen LogP contribution < -0.4 is 11.3 Å². The molecule has 0 heterocycles. The van der Waals surface area contributed by atoms with E-state index in [-0.39, 0.29) is 0 Å². The molecule has 1 aliphatic rings. The van der Waals surface area contributed by atoms with Gasteiger partial charge in [-0.3, -0.25) is 5.84 Å². The number of hydrazine groups is 1. The van der Waals surface area contributed by atoms with Crippen LogP contribution in [0.15, 0.2) is 11.3 Å². The van der Waals surface area contributed by atoms with Crippen LogP contribution in [0.3, 0.4) is 0 Å². The Hall–Kier alpha value is -0.500. The van der Waals surface area contributed by atoms with Gasteiger partial charge in [0, 0.05) is 5.70 Å². The van der Waals surface area contributed by atoms with Crippen molar-refractivity contribution in [3.05, 3.63) is 11.3 Å². The summed E-state index contributed by atoms with van der Waals surface area (Å²) < 4.78 is 0. The highest BCUT2D eigenvalue weighted by Crippen LogP contribution is 2.26. The van der Waals surface area contributed by atoms with E-state index in [1.54, 1.807) is 0 Å². The van der Waals surface area contributed by atoms with Crippen LogP contribution in [0.5, 0.6) is 0 Å². The average Bonchev–Trinajstić information content (AvgIpc) is 1.62. The molecule has 46 valence electrons. The maximum absolute atomic E-state index is 5.17. The zero-order valence-electron chi connectivity index (χ0n) is 5.20. The molecule has 0 aromatic carbocycles. The van der Waals surface area contributed by atoms with E-state index in [1.165, 1.54) is 24.8 Å². The number of hydrogen-bond donors (Lipinski definition) is 2. The largest absolute Gasteiger partial charge is 0.329 e. The summed E-state index contributed by atoms with van der Waals surface area (Å²) >= 11 is 0. The van der Waals surface area contributed by atoms with Crippen molar-refractivity contribution in [1.29, 1.82) is 0 Å². The van der Waals surface area contributed by atoms with Gasteiger partial charge in [0.05, 0.1) is 0 Å². The van der Waals surface area contributed by atoms with Gasteiger partial charge in [-0.25, -0.2) is 0 Å². The van der Waals surface area contributed by atoms with E-state index in [4.69, 9.17) is 5.84 Å². The molecule has 0 aromatic heterocycles. The Labute approximate surface area is 49.7 Å². The van der Waals surface area contributed by atoms with Gasteiger partial charge in [0.15, 0.2) is 0 Å². The molecule has 1 saturated carbocycles. The van der Waals surface area contributed by atoms with Crippen molar-refractivity contribution in [2.75, 3.05) is 0 Å². The quantitative estimate of drug-likeness (QED) is 0.391. The second-order valence-corrected chi connectivity index (χ2v) is 2.23. The first kappa shape index (κ1) is 5.63. The Morgan fingerprint density at radius 2 is 2.25 bits per heavy atom. The SMILES string of the molecule is CC(NN)=C1CCC1. The Balaban J connectivity index is 2.47. The molecule has 0 spiro atoms. The lowest BCUT2D eigenvalue weighted by Gasteiger charge is -2.19. The summed E-state index contributed by atoms with van der Waals surface area (Å²) in [4.78, 5) is 0. The minimum atomic E-state index is 1.16. The Kier molecular flexibility index (Phi) is 1.53. The van der Waals surface area contributed by atoms with Gasteiger partial charge in [-0.15, -0.1) is 0 Å². The molecule has 0 unspecified atom stereocenters. The number of rotatable bonds is 1. The van der Waals surface area contributed by atoms with Crippen molar-refractivity contribution in [3.63, 3.8) is 0 Å². The van der Waals surface area contributed by atoms with Gasteiger partial charge in [-0.1, -0.05) is 5.57 Å². The molecule has 1 fully saturated rings. The van der Waals surface area contributed by atoms with Crippen molar-refractivity contribution in [1.82, 2.24) is 5.43 Å². The second-order valence-electron chi connectivity index (χ2n) is 2.23. The average molecular weight is 112 g/mol. The van der Waals surface area contributed by atoms with Crippen LogP contribution in [0.1, 0.15) is 26.2 Å². The fourth-order valence-corrected chi connectivity index (χ4v) is 0.831. The summed E-state index contributed by atoms with van der Waals surface area (Å²) in [6.45, 7) is 2.02. The zero-order valence-corrected chi connectivity index (χ0v) is 5.20. The molecule has 0 bridgehead atoms. The van der Waals surface area contributed by atoms with Gasteiger partial charge in [0.2, 0.25) is 0 Å². The number of nitrogens with two attached hydrogens (primary N) is 1. The van der Waals surface area contributed by atoms with Crippen LogP contribution in [0, 0.1) is 0 Å². The first-order chi connectivity index (χ1) is 3.84. The molecule has 0 amide bonds. The fourth-order valence-electron chi connectivity index (χ4n) is 0.831. The second kappa shape index (κ2) is 2.18. The normalized spacial score (nSPS) is 17.5. The molecule has 1 rings (SSSR count). The summed E-state index contributed by atoms with van der Waals surface area (Å²) in [5, 5.41) is 0. The van der Waals surface area contributed by atoms with Crippen molar-refractivity contribution in [3.8, 4) is 0 Å². The monoisotopic (exact) mass is 112 g/mol. The molecule has 2 nitrogen and oxygen atoms in total. The highest BCUT2D eigenvalue weighted by atomic mass is 15.2. The highest BCUT2D eigenvalue weighted by Gasteiger charge is 2.10. The molecule has 0 saturated heterocycles. The maximum atomic E-state index is 5.17. The van der Waals surface area contributed by atoms with Gasteiger partial charge >= 0.3 is 0 Å². The molecule has 0 atom stereocenters. The van der Waals surface area contributed by atoms with Crippen LogP contribution in [0.4, 0.5) is 0 Å². The standard InChI is InChI=1S/C6H12N2/c1-5(8-7)6-3-2-4-6/h8H,2-4,7H2,1H3. The lowest BCUT2D eigenvalue weighted by molar-refractivity contribution is 0.632. The lowest BCUT2D eigenvalue weighted by atomic mass is 9.91. The maximum Gasteiger partial charge on any atom is 0.0220 e. The van der Waals surface area contributed by atoms with E-state index in [0.717, 1.165) is 5.70 Å². The molecule has 1 aliphatic carbocycles. The van der Waals surface area contributed by atoms with Crippen LogP contribution in [-0.2, 0) is 0 Å². The fraction of sp³-hybridized carbons (Fsp3) is 0.667. The van der Waals surface area contributed by atoms with Crippen LogP contribution in [0.25, 0.3) is 0 Å². The van der Waals surface area contributed by atoms with Gasteiger partial charge in [0.1, 0.15) is 0 Å². The zero-order chi connectivity index (χ0) is 5.98. The molecule has 0 aromatic rings. The third-order valence-corrected chi connectivity index (χ3v) is 1.70.